The van der Waals surface area contributed by atoms with Crippen molar-refractivity contribution in [2.24, 2.45) is 5.92 Å². The molecule has 1 fully saturated rings. The van der Waals surface area contributed by atoms with Crippen molar-refractivity contribution in [1.29, 1.82) is 5.26 Å². The third-order valence-corrected chi connectivity index (χ3v) is 4.15. The lowest BCUT2D eigenvalue weighted by Crippen LogP contribution is -2.45. The molecule has 0 N–H and O–H groups in total. The standard InChI is InChI=1S/C12H16N2OS/c1-8(2)4-10-14-9(3)11(16-10)12(5-13)6-15-7-12/h8H,4,6-7H2,1-3H3. The van der Waals surface area contributed by atoms with Crippen LogP contribution in [0.5, 0.6) is 0 Å². The average Bonchev–Trinajstić information content (AvgIpc) is 2.46. The van der Waals surface area contributed by atoms with Crippen molar-refractivity contribution in [3.63, 3.8) is 0 Å². The molecule has 0 amide bonds. The largest absolute Gasteiger partial charge is 0.377 e. The highest BCUT2D eigenvalue weighted by Gasteiger charge is 2.43. The molecule has 0 aliphatic carbocycles. The van der Waals surface area contributed by atoms with Gasteiger partial charge in [0.1, 0.15) is 5.41 Å². The molecule has 86 valence electrons. The van der Waals surface area contributed by atoms with E-state index in [9.17, 15) is 5.26 Å². The first-order chi connectivity index (χ1) is 7.57. The number of nitrogens with zero attached hydrogens (tertiary/aromatic N) is 2. The predicted molar refractivity (Wildman–Crippen MR) is 63.5 cm³/mol. The summed E-state index contributed by atoms with van der Waals surface area (Å²) in [5, 5.41) is 10.4. The average molecular weight is 236 g/mol. The van der Waals surface area contributed by atoms with Gasteiger partial charge in [0.15, 0.2) is 0 Å². The first kappa shape index (κ1) is 11.6. The normalized spacial score (nSPS) is 18.2. The zero-order valence-corrected chi connectivity index (χ0v) is 10.7. The highest BCUT2D eigenvalue weighted by Crippen LogP contribution is 2.37. The number of rotatable bonds is 3. The smallest absolute Gasteiger partial charge is 0.140 e. The molecule has 2 rings (SSSR count). The van der Waals surface area contributed by atoms with E-state index in [2.05, 4.69) is 24.9 Å². The van der Waals surface area contributed by atoms with Crippen molar-refractivity contribution in [2.45, 2.75) is 32.6 Å². The summed E-state index contributed by atoms with van der Waals surface area (Å²) in [5.74, 6) is 0.606. The van der Waals surface area contributed by atoms with E-state index in [1.807, 2.05) is 6.92 Å². The van der Waals surface area contributed by atoms with Gasteiger partial charge in [-0.05, 0) is 12.8 Å². The summed E-state index contributed by atoms with van der Waals surface area (Å²) >= 11 is 1.68. The van der Waals surface area contributed by atoms with E-state index in [4.69, 9.17) is 4.74 Å². The number of hydrogen-bond acceptors (Lipinski definition) is 4. The van der Waals surface area contributed by atoms with E-state index in [-0.39, 0.29) is 0 Å². The third kappa shape index (κ3) is 1.85. The maximum atomic E-state index is 9.25. The van der Waals surface area contributed by atoms with E-state index in [0.717, 1.165) is 22.0 Å². The van der Waals surface area contributed by atoms with Crippen LogP contribution in [-0.2, 0) is 16.6 Å². The Morgan fingerprint density at radius 2 is 2.25 bits per heavy atom. The monoisotopic (exact) mass is 236 g/mol. The number of aryl methyl sites for hydroxylation is 1. The highest BCUT2D eigenvalue weighted by atomic mass is 32.1. The molecule has 0 unspecified atom stereocenters. The van der Waals surface area contributed by atoms with E-state index in [1.165, 1.54) is 0 Å². The van der Waals surface area contributed by atoms with Gasteiger partial charge in [0.2, 0.25) is 0 Å². The Balaban J connectivity index is 2.28. The molecule has 0 spiro atoms. The van der Waals surface area contributed by atoms with Gasteiger partial charge < -0.3 is 4.74 Å². The molecule has 1 aliphatic rings. The molecule has 0 bridgehead atoms. The van der Waals surface area contributed by atoms with Crippen LogP contribution in [0.4, 0.5) is 0 Å². The second-order valence-electron chi connectivity index (χ2n) is 4.81. The van der Waals surface area contributed by atoms with Gasteiger partial charge in [-0.3, -0.25) is 0 Å². The van der Waals surface area contributed by atoms with Gasteiger partial charge in [-0.1, -0.05) is 13.8 Å². The zero-order valence-electron chi connectivity index (χ0n) is 9.91. The molecule has 1 aliphatic heterocycles. The maximum Gasteiger partial charge on any atom is 0.140 e. The van der Waals surface area contributed by atoms with Gasteiger partial charge in [-0.25, -0.2) is 4.98 Å². The predicted octanol–water partition coefficient (Wildman–Crippen LogP) is 2.44. The number of thiazole rings is 1. The summed E-state index contributed by atoms with van der Waals surface area (Å²) in [7, 11) is 0. The molecule has 16 heavy (non-hydrogen) atoms. The van der Waals surface area contributed by atoms with Crippen LogP contribution in [0.1, 0.15) is 29.4 Å². The Kier molecular flexibility index (Phi) is 3.00. The Bertz CT molecular complexity index is 427. The second kappa shape index (κ2) is 4.15. The molecule has 0 atom stereocenters. The van der Waals surface area contributed by atoms with Crippen molar-refractivity contribution >= 4 is 11.3 Å². The van der Waals surface area contributed by atoms with E-state index in [1.54, 1.807) is 11.3 Å². The third-order valence-electron chi connectivity index (χ3n) is 2.77. The molecule has 0 saturated carbocycles. The molecule has 1 saturated heterocycles. The fraction of sp³-hybridized carbons (Fsp3) is 0.667. The molecular formula is C12H16N2OS. The Labute approximate surface area is 100 Å². The molecule has 0 aromatic carbocycles. The van der Waals surface area contributed by atoms with Crippen molar-refractivity contribution in [1.82, 2.24) is 4.98 Å². The topological polar surface area (TPSA) is 45.9 Å². The van der Waals surface area contributed by atoms with Crippen LogP contribution in [0.15, 0.2) is 0 Å². The van der Waals surface area contributed by atoms with E-state index in [0.29, 0.717) is 19.1 Å². The van der Waals surface area contributed by atoms with Crippen LogP contribution >= 0.6 is 11.3 Å². The highest BCUT2D eigenvalue weighted by molar-refractivity contribution is 7.12. The van der Waals surface area contributed by atoms with Crippen molar-refractivity contribution in [2.75, 3.05) is 13.2 Å². The minimum atomic E-state index is -0.406. The maximum absolute atomic E-state index is 9.25. The summed E-state index contributed by atoms with van der Waals surface area (Å²) in [5.41, 5.74) is 0.599. The quantitative estimate of drug-likeness (QED) is 0.809. The minimum absolute atomic E-state index is 0.406. The molecular weight excluding hydrogens is 220 g/mol. The molecule has 0 radical (unpaired) electrons. The van der Waals surface area contributed by atoms with Gasteiger partial charge >= 0.3 is 0 Å². The first-order valence-electron chi connectivity index (χ1n) is 5.53. The molecule has 1 aromatic rings. The molecule has 2 heterocycles. The lowest BCUT2D eigenvalue weighted by molar-refractivity contribution is -0.0284. The molecule has 4 heteroatoms. The number of hydrogen-bond donors (Lipinski definition) is 0. The van der Waals surface area contributed by atoms with Crippen LogP contribution in [-0.4, -0.2) is 18.2 Å². The SMILES string of the molecule is Cc1nc(CC(C)C)sc1C1(C#N)COC1. The minimum Gasteiger partial charge on any atom is -0.377 e. The van der Waals surface area contributed by atoms with Crippen LogP contribution < -0.4 is 0 Å². The lowest BCUT2D eigenvalue weighted by atomic mass is 9.85. The summed E-state index contributed by atoms with van der Waals surface area (Å²) in [6.45, 7) is 7.40. The van der Waals surface area contributed by atoms with Gasteiger partial charge in [-0.2, -0.15) is 5.26 Å². The van der Waals surface area contributed by atoms with Crippen LogP contribution in [0.2, 0.25) is 0 Å². The lowest BCUT2D eigenvalue weighted by Gasteiger charge is -2.34. The van der Waals surface area contributed by atoms with Gasteiger partial charge in [0.25, 0.3) is 0 Å². The van der Waals surface area contributed by atoms with Crippen molar-refractivity contribution in [3.8, 4) is 6.07 Å². The van der Waals surface area contributed by atoms with Crippen molar-refractivity contribution in [3.05, 3.63) is 15.6 Å². The van der Waals surface area contributed by atoms with Gasteiger partial charge in [-0.15, -0.1) is 11.3 Å². The summed E-state index contributed by atoms with van der Waals surface area (Å²) < 4.78 is 5.19. The van der Waals surface area contributed by atoms with Crippen molar-refractivity contribution < 1.29 is 4.74 Å². The van der Waals surface area contributed by atoms with Gasteiger partial charge in [0, 0.05) is 6.42 Å². The number of nitriles is 1. The Morgan fingerprint density at radius 1 is 1.56 bits per heavy atom. The van der Waals surface area contributed by atoms with Crippen LogP contribution in [0, 0.1) is 24.2 Å². The van der Waals surface area contributed by atoms with E-state index >= 15 is 0 Å². The Morgan fingerprint density at radius 3 is 2.69 bits per heavy atom. The number of aromatic nitrogens is 1. The first-order valence-corrected chi connectivity index (χ1v) is 6.35. The fourth-order valence-electron chi connectivity index (χ4n) is 1.89. The molecule has 1 aromatic heterocycles. The summed E-state index contributed by atoms with van der Waals surface area (Å²) in [6.07, 6.45) is 0.994. The van der Waals surface area contributed by atoms with Crippen LogP contribution in [0.3, 0.4) is 0 Å². The summed E-state index contributed by atoms with van der Waals surface area (Å²) in [4.78, 5) is 5.67. The van der Waals surface area contributed by atoms with Gasteiger partial charge in [0.05, 0.1) is 34.9 Å². The molecule has 3 nitrogen and oxygen atoms in total. The fourth-order valence-corrected chi connectivity index (χ4v) is 3.27. The number of ether oxygens (including phenoxy) is 1. The van der Waals surface area contributed by atoms with E-state index < -0.39 is 5.41 Å². The zero-order chi connectivity index (χ0) is 11.8. The van der Waals surface area contributed by atoms with Crippen LogP contribution in [0.25, 0.3) is 0 Å². The second-order valence-corrected chi connectivity index (χ2v) is 5.89. The summed E-state index contributed by atoms with van der Waals surface area (Å²) in [6, 6.07) is 2.38. The Hall–Kier alpha value is -0.920.